The van der Waals surface area contributed by atoms with Gasteiger partial charge in [-0.05, 0) is 12.0 Å². The quantitative estimate of drug-likeness (QED) is 0.213. The van der Waals surface area contributed by atoms with E-state index in [1.807, 2.05) is 32.1 Å². The molecule has 0 fully saturated rings. The number of hydrogen-bond donors (Lipinski definition) is 1. The van der Waals surface area contributed by atoms with Crippen LogP contribution in [0.25, 0.3) is 0 Å². The van der Waals surface area contributed by atoms with Crippen LogP contribution in [0.15, 0.2) is 24.3 Å². The Hall–Kier alpha value is -2.29. The Morgan fingerprint density at radius 1 is 0.970 bits per heavy atom. The van der Waals surface area contributed by atoms with Gasteiger partial charge in [0.2, 0.25) is 0 Å². The summed E-state index contributed by atoms with van der Waals surface area (Å²) in [5.41, 5.74) is -3.50. The number of rotatable bonds is 11. The van der Waals surface area contributed by atoms with Gasteiger partial charge in [-0.2, -0.15) is 34.8 Å². The van der Waals surface area contributed by atoms with Gasteiger partial charge in [0.25, 0.3) is 10.1 Å². The van der Waals surface area contributed by atoms with Gasteiger partial charge < -0.3 is 9.47 Å². The molecule has 0 aromatic heterocycles. The number of halogens is 6. The van der Waals surface area contributed by atoms with E-state index >= 15 is 0 Å². The average molecular weight is 506 g/mol. The van der Waals surface area contributed by atoms with Crippen LogP contribution in [0.1, 0.15) is 30.4 Å². The molecule has 1 N–H and O–H groups in total. The molecule has 33 heavy (non-hydrogen) atoms. The summed E-state index contributed by atoms with van der Waals surface area (Å²) >= 11 is 0. The number of esters is 2. The van der Waals surface area contributed by atoms with Gasteiger partial charge in [0, 0.05) is 19.3 Å². The van der Waals surface area contributed by atoms with Gasteiger partial charge in [0.1, 0.15) is 13.6 Å². The second kappa shape index (κ2) is 11.2. The Morgan fingerprint density at radius 2 is 1.52 bits per heavy atom. The zero-order valence-electron chi connectivity index (χ0n) is 17.3. The van der Waals surface area contributed by atoms with E-state index in [0.29, 0.717) is 6.42 Å². The van der Waals surface area contributed by atoms with E-state index in [2.05, 4.69) is 4.74 Å². The molecule has 0 aliphatic rings. The van der Waals surface area contributed by atoms with Crippen molar-refractivity contribution in [3.05, 3.63) is 35.4 Å². The molecule has 0 aliphatic heterocycles. The standard InChI is InChI=1S/C18H21BF6O7S/c19-10-13-4-1-3-12(9-13)7-8-31-14(26)5-2-6-15(27)32-16(17(20,21)22,18(23,24)25)11-33(28,29)30/h1,3-4,9H,2,5-8,10-11,19H2,(H,28,29,30). The predicted octanol–water partition coefficient (Wildman–Crippen LogP) is 2.37. The molecule has 0 radical (unpaired) electrons. The SMILES string of the molecule is BCc1cccc(CCOC(=O)CCCC(=O)OC(CS(=O)(=O)O)(C(F)(F)F)C(F)(F)F)c1. The lowest BCUT2D eigenvalue weighted by atomic mass is 9.95. The molecule has 1 aromatic rings. The molecule has 0 heterocycles. The maximum atomic E-state index is 13.1. The molecular formula is C18H21BF6O7S. The van der Waals surface area contributed by atoms with Gasteiger partial charge in [0.05, 0.1) is 6.61 Å². The summed E-state index contributed by atoms with van der Waals surface area (Å²) in [7, 11) is -3.90. The number of alkyl halides is 6. The van der Waals surface area contributed by atoms with Gasteiger partial charge in [-0.1, -0.05) is 36.1 Å². The molecule has 0 saturated heterocycles. The van der Waals surface area contributed by atoms with E-state index in [1.54, 1.807) is 0 Å². The Morgan fingerprint density at radius 3 is 2.03 bits per heavy atom. The molecule has 0 bridgehead atoms. The highest BCUT2D eigenvalue weighted by Gasteiger charge is 2.75. The minimum Gasteiger partial charge on any atom is -0.465 e. The zero-order chi connectivity index (χ0) is 25.5. The molecule has 15 heteroatoms. The third-order valence-electron chi connectivity index (χ3n) is 4.40. The van der Waals surface area contributed by atoms with E-state index in [1.165, 1.54) is 0 Å². The maximum absolute atomic E-state index is 13.1. The van der Waals surface area contributed by atoms with Crippen molar-refractivity contribution in [2.45, 2.75) is 50.0 Å². The van der Waals surface area contributed by atoms with Crippen molar-refractivity contribution in [1.29, 1.82) is 0 Å². The van der Waals surface area contributed by atoms with Crippen molar-refractivity contribution in [1.82, 2.24) is 0 Å². The van der Waals surface area contributed by atoms with Gasteiger partial charge in [0.15, 0.2) is 0 Å². The molecule has 0 amide bonds. The summed E-state index contributed by atoms with van der Waals surface area (Å²) in [5, 5.41) is 0. The summed E-state index contributed by atoms with van der Waals surface area (Å²) in [6, 6.07) is 7.45. The van der Waals surface area contributed by atoms with Crippen molar-refractivity contribution in [3.8, 4) is 0 Å². The van der Waals surface area contributed by atoms with Gasteiger partial charge in [-0.3, -0.25) is 14.1 Å². The number of hydrogen-bond acceptors (Lipinski definition) is 6. The largest absolute Gasteiger partial charge is 0.465 e. The first-order valence-electron chi connectivity index (χ1n) is 9.54. The molecule has 0 spiro atoms. The maximum Gasteiger partial charge on any atom is 0.438 e. The van der Waals surface area contributed by atoms with Crippen LogP contribution in [0.3, 0.4) is 0 Å². The van der Waals surface area contributed by atoms with Crippen molar-refractivity contribution in [3.63, 3.8) is 0 Å². The first-order chi connectivity index (χ1) is 15.0. The highest BCUT2D eigenvalue weighted by molar-refractivity contribution is 7.85. The molecule has 0 saturated carbocycles. The zero-order valence-corrected chi connectivity index (χ0v) is 18.1. The van der Waals surface area contributed by atoms with Crippen LogP contribution < -0.4 is 0 Å². The molecular weight excluding hydrogens is 485 g/mol. The van der Waals surface area contributed by atoms with Crippen molar-refractivity contribution in [2.75, 3.05) is 12.4 Å². The van der Waals surface area contributed by atoms with Crippen LogP contribution >= 0.6 is 0 Å². The second-order valence-electron chi connectivity index (χ2n) is 7.02. The summed E-state index contributed by atoms with van der Waals surface area (Å²) in [6.45, 7) is -0.0317. The number of carbonyl (C=O) groups excluding carboxylic acids is 2. The first-order valence-corrected chi connectivity index (χ1v) is 11.2. The molecule has 1 aromatic carbocycles. The second-order valence-corrected chi connectivity index (χ2v) is 8.47. The Balaban J connectivity index is 2.64. The Bertz CT molecular complexity index is 917. The summed E-state index contributed by atoms with van der Waals surface area (Å²) in [4.78, 5) is 23.3. The van der Waals surface area contributed by atoms with Crippen molar-refractivity contribution in [2.24, 2.45) is 0 Å². The van der Waals surface area contributed by atoms with Gasteiger partial charge >= 0.3 is 29.9 Å². The Labute approximate surface area is 186 Å². The number of benzene rings is 1. The highest BCUT2D eigenvalue weighted by atomic mass is 32.2. The normalized spacial score (nSPS) is 12.9. The fourth-order valence-electron chi connectivity index (χ4n) is 2.71. The molecule has 0 aliphatic carbocycles. The van der Waals surface area contributed by atoms with E-state index in [4.69, 9.17) is 9.29 Å². The monoisotopic (exact) mass is 506 g/mol. The summed E-state index contributed by atoms with van der Waals surface area (Å²) < 4.78 is 117. The van der Waals surface area contributed by atoms with Crippen molar-refractivity contribution >= 4 is 29.9 Å². The van der Waals surface area contributed by atoms with E-state index in [-0.39, 0.29) is 6.61 Å². The fraction of sp³-hybridized carbons (Fsp3) is 0.556. The number of carbonyl (C=O) groups is 2. The lowest BCUT2D eigenvalue weighted by Crippen LogP contribution is -2.63. The molecule has 0 atom stereocenters. The Kier molecular flexibility index (Phi) is 9.78. The topological polar surface area (TPSA) is 107 Å². The van der Waals surface area contributed by atoms with Gasteiger partial charge in [-0.25, -0.2) is 0 Å². The lowest BCUT2D eigenvalue weighted by molar-refractivity contribution is -0.361. The highest BCUT2D eigenvalue weighted by Crippen LogP contribution is 2.47. The first kappa shape index (κ1) is 28.7. The van der Waals surface area contributed by atoms with Crippen LogP contribution in [-0.4, -0.2) is 63.1 Å². The van der Waals surface area contributed by atoms with E-state index in [9.17, 15) is 44.3 Å². The third-order valence-corrected chi connectivity index (χ3v) is 5.18. The smallest absolute Gasteiger partial charge is 0.438 e. The van der Waals surface area contributed by atoms with Crippen LogP contribution in [0.2, 0.25) is 0 Å². The molecule has 186 valence electrons. The molecule has 0 unspecified atom stereocenters. The fourth-order valence-corrected chi connectivity index (χ4v) is 3.61. The third kappa shape index (κ3) is 8.87. The van der Waals surface area contributed by atoms with Crippen LogP contribution in [0, 0.1) is 0 Å². The molecule has 1 rings (SSSR count). The van der Waals surface area contributed by atoms with Crippen LogP contribution in [0.4, 0.5) is 26.3 Å². The summed E-state index contributed by atoms with van der Waals surface area (Å²) in [6.07, 6.45) is -13.7. The number of ether oxygens (including phenoxy) is 2. The molecule has 7 nitrogen and oxygen atoms in total. The lowest BCUT2D eigenvalue weighted by Gasteiger charge is -2.35. The van der Waals surface area contributed by atoms with Crippen LogP contribution in [-0.2, 0) is 41.9 Å². The van der Waals surface area contributed by atoms with Gasteiger partial charge in [-0.15, -0.1) is 0 Å². The van der Waals surface area contributed by atoms with E-state index in [0.717, 1.165) is 17.4 Å². The predicted molar refractivity (Wildman–Crippen MR) is 105 cm³/mol. The van der Waals surface area contributed by atoms with E-state index < -0.39 is 65.0 Å². The average Bonchev–Trinajstić information content (AvgIpc) is 2.64. The minimum atomic E-state index is -6.40. The summed E-state index contributed by atoms with van der Waals surface area (Å²) in [5.74, 6) is -5.86. The van der Waals surface area contributed by atoms with Crippen molar-refractivity contribution < 1.29 is 58.4 Å². The minimum absolute atomic E-state index is 0.0317. The van der Waals surface area contributed by atoms with Crippen LogP contribution in [0.5, 0.6) is 0 Å².